The van der Waals surface area contributed by atoms with E-state index in [-0.39, 0.29) is 17.3 Å². The minimum atomic E-state index is -3.46. The maximum Gasteiger partial charge on any atom is 0.251 e. The summed E-state index contributed by atoms with van der Waals surface area (Å²) in [5, 5.41) is 2.84. The highest BCUT2D eigenvalue weighted by Crippen LogP contribution is 2.40. The van der Waals surface area contributed by atoms with Crippen LogP contribution in [0.2, 0.25) is 0 Å². The largest absolute Gasteiger partial charge is 0.493 e. The monoisotopic (exact) mass is 446 g/mol. The molecule has 2 heterocycles. The Kier molecular flexibility index (Phi) is 6.33. The van der Waals surface area contributed by atoms with Crippen molar-refractivity contribution in [2.75, 3.05) is 33.4 Å². The van der Waals surface area contributed by atoms with Gasteiger partial charge in [-0.2, -0.15) is 4.31 Å². The van der Waals surface area contributed by atoms with Crippen LogP contribution in [0.5, 0.6) is 17.2 Å². The lowest BCUT2D eigenvalue weighted by atomic mass is 10.1. The fourth-order valence-corrected chi connectivity index (χ4v) is 5.24. The predicted molar refractivity (Wildman–Crippen MR) is 114 cm³/mol. The topological polar surface area (TPSA) is 94.2 Å². The van der Waals surface area contributed by atoms with Crippen molar-refractivity contribution in [2.45, 2.75) is 30.7 Å². The van der Waals surface area contributed by atoms with E-state index >= 15 is 0 Å². The van der Waals surface area contributed by atoms with Gasteiger partial charge < -0.3 is 19.5 Å². The molecule has 0 atom stereocenters. The van der Waals surface area contributed by atoms with Crippen molar-refractivity contribution in [3.05, 3.63) is 47.5 Å². The van der Waals surface area contributed by atoms with Crippen LogP contribution < -0.4 is 19.5 Å². The number of sulfonamides is 1. The molecular formula is C22H26N2O6S. The Morgan fingerprint density at radius 1 is 1.06 bits per heavy atom. The van der Waals surface area contributed by atoms with E-state index in [2.05, 4.69) is 5.32 Å². The number of rotatable bonds is 6. The Morgan fingerprint density at radius 2 is 1.77 bits per heavy atom. The van der Waals surface area contributed by atoms with E-state index in [0.29, 0.717) is 49.1 Å². The average Bonchev–Trinajstić information content (AvgIpc) is 2.82. The summed E-state index contributed by atoms with van der Waals surface area (Å²) in [5.41, 5.74) is 1.20. The number of carbonyl (C=O) groups is 1. The molecule has 0 unspecified atom stereocenters. The predicted octanol–water partition coefficient (Wildman–Crippen LogP) is 2.57. The number of carbonyl (C=O) groups excluding carboxylic acids is 1. The van der Waals surface area contributed by atoms with E-state index in [1.165, 1.54) is 7.11 Å². The first kappa shape index (κ1) is 21.5. The van der Waals surface area contributed by atoms with Crippen LogP contribution in [-0.2, 0) is 16.6 Å². The van der Waals surface area contributed by atoms with Gasteiger partial charge in [0.1, 0.15) is 13.2 Å². The summed E-state index contributed by atoms with van der Waals surface area (Å²) in [7, 11) is -1.95. The van der Waals surface area contributed by atoms with E-state index in [0.717, 1.165) is 24.8 Å². The number of nitrogens with one attached hydrogen (secondary N) is 1. The smallest absolute Gasteiger partial charge is 0.251 e. The van der Waals surface area contributed by atoms with Gasteiger partial charge in [0.2, 0.25) is 15.8 Å². The Morgan fingerprint density at radius 3 is 2.48 bits per heavy atom. The van der Waals surface area contributed by atoms with E-state index in [1.807, 2.05) is 0 Å². The van der Waals surface area contributed by atoms with Crippen LogP contribution in [0.25, 0.3) is 0 Å². The molecule has 0 aromatic heterocycles. The standard InChI is InChI=1S/C22H26N2O6S/c1-28-19-13-17(14-20-21(19)30-12-11-29-20)22(25)23-15-16-5-7-18(8-6-16)31(26,27)24-9-3-2-4-10-24/h5-8,13-14H,2-4,9-12,15H2,1H3,(H,23,25). The maximum atomic E-state index is 12.7. The lowest BCUT2D eigenvalue weighted by Crippen LogP contribution is -2.35. The van der Waals surface area contributed by atoms with Gasteiger partial charge in [-0.1, -0.05) is 18.6 Å². The quantitative estimate of drug-likeness (QED) is 0.733. The van der Waals surface area contributed by atoms with Crippen LogP contribution in [0.4, 0.5) is 0 Å². The molecule has 31 heavy (non-hydrogen) atoms. The number of piperidine rings is 1. The zero-order chi connectivity index (χ0) is 21.8. The van der Waals surface area contributed by atoms with Crippen molar-refractivity contribution in [3.8, 4) is 17.2 Å². The van der Waals surface area contributed by atoms with Gasteiger partial charge >= 0.3 is 0 Å². The maximum absolute atomic E-state index is 12.7. The average molecular weight is 447 g/mol. The Labute approximate surface area is 182 Å². The zero-order valence-electron chi connectivity index (χ0n) is 17.4. The van der Waals surface area contributed by atoms with Crippen molar-refractivity contribution < 1.29 is 27.4 Å². The second-order valence-electron chi connectivity index (χ2n) is 7.49. The van der Waals surface area contributed by atoms with E-state index in [9.17, 15) is 13.2 Å². The lowest BCUT2D eigenvalue weighted by Gasteiger charge is -2.25. The summed E-state index contributed by atoms with van der Waals surface area (Å²) in [6.07, 6.45) is 2.86. The Hall–Kier alpha value is -2.78. The minimum absolute atomic E-state index is 0.264. The minimum Gasteiger partial charge on any atom is -0.493 e. The van der Waals surface area contributed by atoms with E-state index in [4.69, 9.17) is 14.2 Å². The number of amides is 1. The molecule has 0 saturated carbocycles. The SMILES string of the molecule is COc1cc(C(=O)NCc2ccc(S(=O)(=O)N3CCCCC3)cc2)cc2c1OCCO2. The molecule has 166 valence electrons. The molecule has 2 aliphatic rings. The number of fused-ring (bicyclic) bond motifs is 1. The number of ether oxygens (including phenoxy) is 3. The van der Waals surface area contributed by atoms with E-state index < -0.39 is 10.0 Å². The fourth-order valence-electron chi connectivity index (χ4n) is 3.72. The Balaban J connectivity index is 1.42. The van der Waals surface area contributed by atoms with Crippen molar-refractivity contribution in [1.29, 1.82) is 0 Å². The second kappa shape index (κ2) is 9.15. The highest BCUT2D eigenvalue weighted by molar-refractivity contribution is 7.89. The summed E-state index contributed by atoms with van der Waals surface area (Å²) in [4.78, 5) is 12.9. The molecule has 2 aliphatic heterocycles. The summed E-state index contributed by atoms with van der Waals surface area (Å²) in [6.45, 7) is 2.24. The molecule has 2 aromatic rings. The summed E-state index contributed by atoms with van der Waals surface area (Å²) in [6, 6.07) is 9.87. The van der Waals surface area contributed by atoms with Crippen LogP contribution in [0.3, 0.4) is 0 Å². The van der Waals surface area contributed by atoms with Crippen molar-refractivity contribution in [1.82, 2.24) is 9.62 Å². The van der Waals surface area contributed by atoms with Gasteiger partial charge in [-0.25, -0.2) is 8.42 Å². The first-order valence-electron chi connectivity index (χ1n) is 10.3. The summed E-state index contributed by atoms with van der Waals surface area (Å²) >= 11 is 0. The molecule has 8 nitrogen and oxygen atoms in total. The molecule has 1 fully saturated rings. The van der Waals surface area contributed by atoms with Crippen LogP contribution in [-0.4, -0.2) is 52.0 Å². The molecule has 0 spiro atoms. The van der Waals surface area contributed by atoms with Crippen molar-refractivity contribution in [2.24, 2.45) is 0 Å². The third-order valence-electron chi connectivity index (χ3n) is 5.42. The third kappa shape index (κ3) is 4.62. The van der Waals surface area contributed by atoms with Gasteiger partial charge in [0, 0.05) is 25.2 Å². The van der Waals surface area contributed by atoms with Crippen LogP contribution in [0.1, 0.15) is 35.2 Å². The second-order valence-corrected chi connectivity index (χ2v) is 9.43. The van der Waals surface area contributed by atoms with Crippen LogP contribution in [0, 0.1) is 0 Å². The number of hydrogen-bond donors (Lipinski definition) is 1. The lowest BCUT2D eigenvalue weighted by molar-refractivity contribution is 0.0949. The number of methoxy groups -OCH3 is 1. The number of benzene rings is 2. The zero-order valence-corrected chi connectivity index (χ0v) is 18.2. The van der Waals surface area contributed by atoms with Crippen molar-refractivity contribution in [3.63, 3.8) is 0 Å². The van der Waals surface area contributed by atoms with Gasteiger partial charge in [-0.05, 0) is 42.7 Å². The number of nitrogens with zero attached hydrogens (tertiary/aromatic N) is 1. The fraction of sp³-hybridized carbons (Fsp3) is 0.409. The Bertz CT molecular complexity index is 1030. The first-order valence-corrected chi connectivity index (χ1v) is 11.8. The molecule has 0 radical (unpaired) electrons. The van der Waals surface area contributed by atoms with Crippen LogP contribution in [0.15, 0.2) is 41.3 Å². The molecule has 1 saturated heterocycles. The van der Waals surface area contributed by atoms with Gasteiger partial charge in [-0.3, -0.25) is 4.79 Å². The highest BCUT2D eigenvalue weighted by Gasteiger charge is 2.26. The molecule has 1 amide bonds. The summed E-state index contributed by atoms with van der Waals surface area (Å²) < 4.78 is 43.5. The molecular weight excluding hydrogens is 420 g/mol. The highest BCUT2D eigenvalue weighted by atomic mass is 32.2. The van der Waals surface area contributed by atoms with Gasteiger partial charge in [0.25, 0.3) is 5.91 Å². The molecule has 2 aromatic carbocycles. The van der Waals surface area contributed by atoms with Crippen molar-refractivity contribution >= 4 is 15.9 Å². The van der Waals surface area contributed by atoms with Gasteiger partial charge in [-0.15, -0.1) is 0 Å². The number of hydrogen-bond acceptors (Lipinski definition) is 6. The normalized spacial score (nSPS) is 16.5. The summed E-state index contributed by atoms with van der Waals surface area (Å²) in [5.74, 6) is 1.12. The first-order chi connectivity index (χ1) is 15.0. The van der Waals surface area contributed by atoms with Gasteiger partial charge in [0.05, 0.1) is 12.0 Å². The van der Waals surface area contributed by atoms with Gasteiger partial charge in [0.15, 0.2) is 11.5 Å². The van der Waals surface area contributed by atoms with E-state index in [1.54, 1.807) is 40.7 Å². The third-order valence-corrected chi connectivity index (χ3v) is 7.33. The molecule has 0 aliphatic carbocycles. The van der Waals surface area contributed by atoms with Crippen LogP contribution >= 0.6 is 0 Å². The molecule has 1 N–H and O–H groups in total. The molecule has 0 bridgehead atoms. The molecule has 9 heteroatoms. The molecule has 4 rings (SSSR count).